The third-order valence-electron chi connectivity index (χ3n) is 4.42. The highest BCUT2D eigenvalue weighted by Gasteiger charge is 2.31. The molecule has 2 aromatic carbocycles. The molecule has 8 heteroatoms. The molecule has 28 heavy (non-hydrogen) atoms. The Morgan fingerprint density at radius 2 is 1.93 bits per heavy atom. The van der Waals surface area contributed by atoms with E-state index in [0.29, 0.717) is 34.2 Å². The van der Waals surface area contributed by atoms with Crippen LogP contribution >= 0.6 is 11.8 Å². The summed E-state index contributed by atoms with van der Waals surface area (Å²) in [5.74, 6) is 0.464. The first kappa shape index (κ1) is 17.0. The van der Waals surface area contributed by atoms with Crippen LogP contribution in [0.5, 0.6) is 5.75 Å². The molecule has 2 heterocycles. The van der Waals surface area contributed by atoms with Crippen LogP contribution in [0.4, 0.5) is 4.79 Å². The minimum absolute atomic E-state index is 0.107. The molecule has 0 spiro atoms. The molecule has 0 bridgehead atoms. The Kier molecular flexibility index (Phi) is 4.54. The van der Waals surface area contributed by atoms with Crippen LogP contribution in [-0.2, 0) is 24.9 Å². The van der Waals surface area contributed by atoms with Crippen molar-refractivity contribution in [2.75, 3.05) is 0 Å². The van der Waals surface area contributed by atoms with Gasteiger partial charge in [0.2, 0.25) is 5.91 Å². The van der Waals surface area contributed by atoms with E-state index in [1.165, 1.54) is 4.57 Å². The maximum absolute atomic E-state index is 12.4. The highest BCUT2D eigenvalue weighted by Crippen LogP contribution is 2.24. The van der Waals surface area contributed by atoms with Gasteiger partial charge in [0.25, 0.3) is 10.8 Å². The minimum Gasteiger partial charge on any atom is -0.486 e. The second-order valence-electron chi connectivity index (χ2n) is 6.29. The summed E-state index contributed by atoms with van der Waals surface area (Å²) >= 11 is 0.682. The maximum atomic E-state index is 12.4. The van der Waals surface area contributed by atoms with Gasteiger partial charge in [0.15, 0.2) is 0 Å². The Morgan fingerprint density at radius 3 is 2.64 bits per heavy atom. The van der Waals surface area contributed by atoms with E-state index < -0.39 is 16.4 Å². The van der Waals surface area contributed by atoms with E-state index in [1.807, 2.05) is 6.07 Å². The molecule has 0 radical (unpaired) electrons. The first-order valence-corrected chi connectivity index (χ1v) is 9.38. The van der Waals surface area contributed by atoms with Crippen molar-refractivity contribution in [1.82, 2.24) is 14.9 Å². The van der Waals surface area contributed by atoms with Crippen molar-refractivity contribution >= 4 is 33.8 Å². The predicted molar refractivity (Wildman–Crippen MR) is 106 cm³/mol. The van der Waals surface area contributed by atoms with Crippen LogP contribution < -0.4 is 15.6 Å². The summed E-state index contributed by atoms with van der Waals surface area (Å²) in [5, 5.41) is 0.643. The van der Waals surface area contributed by atoms with Gasteiger partial charge in [0, 0.05) is 7.05 Å². The first-order valence-electron chi connectivity index (χ1n) is 9.06. The molecular weight excluding hydrogens is 378 g/mol. The summed E-state index contributed by atoms with van der Waals surface area (Å²) < 4.78 is 15.4. The zero-order valence-corrected chi connectivity index (χ0v) is 15.8. The number of hydrogen-bond donors (Lipinski definition) is 1. The monoisotopic (exact) mass is 396 g/mol. The molecule has 142 valence electrons. The number of imide groups is 1. The normalized spacial score (nSPS) is 19.5. The predicted octanol–water partition coefficient (Wildman–Crippen LogP) is 2.41. The molecule has 0 saturated carbocycles. The van der Waals surface area contributed by atoms with E-state index in [2.05, 4.69) is 10.3 Å². The van der Waals surface area contributed by atoms with Crippen LogP contribution in [-0.4, -0.2) is 25.9 Å². The van der Waals surface area contributed by atoms with Gasteiger partial charge in [-0.2, -0.15) is 0 Å². The summed E-state index contributed by atoms with van der Waals surface area (Å²) in [5.41, 5.74) is 1.22. The zero-order chi connectivity index (χ0) is 20.6. The van der Waals surface area contributed by atoms with E-state index in [0.717, 1.165) is 5.56 Å². The van der Waals surface area contributed by atoms with Crippen LogP contribution in [0.1, 0.15) is 12.8 Å². The van der Waals surface area contributed by atoms with Crippen LogP contribution in [0.2, 0.25) is 0 Å². The van der Waals surface area contributed by atoms with E-state index in [1.54, 1.807) is 49.5 Å². The molecule has 0 unspecified atom stereocenters. The molecule has 1 fully saturated rings. The highest BCUT2D eigenvalue weighted by molar-refractivity contribution is 8.15. The number of nitrogens with one attached hydrogen (secondary N) is 1. The van der Waals surface area contributed by atoms with Gasteiger partial charge < -0.3 is 4.74 Å². The molecule has 4 rings (SSSR count). The van der Waals surface area contributed by atoms with Crippen molar-refractivity contribution in [3.8, 4) is 5.75 Å². The number of hydrogen-bond acceptors (Lipinski definition) is 6. The number of aromatic nitrogens is 2. The summed E-state index contributed by atoms with van der Waals surface area (Å²) in [6, 6.07) is 14.1. The van der Waals surface area contributed by atoms with E-state index in [9.17, 15) is 14.4 Å². The van der Waals surface area contributed by atoms with Crippen molar-refractivity contribution < 1.29 is 15.7 Å². The fourth-order valence-electron chi connectivity index (χ4n) is 2.89. The first-order chi connectivity index (χ1) is 13.9. The lowest BCUT2D eigenvalue weighted by atomic mass is 10.1. The van der Waals surface area contributed by atoms with Crippen LogP contribution in [0.15, 0.2) is 53.3 Å². The molecule has 2 amide bonds. The topological polar surface area (TPSA) is 90.3 Å². The molecule has 1 N–H and O–H groups in total. The smallest absolute Gasteiger partial charge is 0.286 e. The standard InChI is InChI=1S/C20H17N3O4S/c1-23-17(21-15-5-3-2-4-14(15)19(23)25)11-27-13-8-6-12(7-9-13)10-16-18(24)22-20(26)28-16/h2-9,16H,10-11H2,1H3,(H,22,24,26)/t16-/m0/s1/i16D. The Labute approximate surface area is 166 Å². The number of thioether (sulfide) groups is 1. The highest BCUT2D eigenvalue weighted by atomic mass is 32.2. The van der Waals surface area contributed by atoms with Gasteiger partial charge in [0.1, 0.15) is 18.2 Å². The maximum Gasteiger partial charge on any atom is 0.286 e. The number of para-hydroxylation sites is 1. The van der Waals surface area contributed by atoms with Crippen LogP contribution in [0, 0.1) is 0 Å². The summed E-state index contributed by atoms with van der Waals surface area (Å²) in [4.78, 5) is 40.1. The minimum atomic E-state index is -1.55. The summed E-state index contributed by atoms with van der Waals surface area (Å²) in [7, 11) is 1.66. The SMILES string of the molecule is [2H][C@@]1(Cc2ccc(OCc3nc4ccccc4c(=O)n3C)cc2)SC(=O)NC1=O. The van der Waals surface area contributed by atoms with E-state index in [4.69, 9.17) is 6.11 Å². The van der Waals surface area contributed by atoms with Gasteiger partial charge in [-0.25, -0.2) is 4.98 Å². The van der Waals surface area contributed by atoms with Gasteiger partial charge >= 0.3 is 0 Å². The van der Waals surface area contributed by atoms with E-state index >= 15 is 0 Å². The number of rotatable bonds is 5. The van der Waals surface area contributed by atoms with Crippen LogP contribution in [0.3, 0.4) is 0 Å². The number of fused-ring (bicyclic) bond motifs is 1. The molecule has 1 aliphatic rings. The number of amides is 2. The fraction of sp³-hybridized carbons (Fsp3) is 0.200. The van der Waals surface area contributed by atoms with Crippen molar-refractivity contribution in [3.63, 3.8) is 0 Å². The molecular formula is C20H17N3O4S. The molecule has 1 aliphatic heterocycles. The molecule has 1 aromatic heterocycles. The van der Waals surface area contributed by atoms with Crippen molar-refractivity contribution in [1.29, 1.82) is 0 Å². The molecule has 7 nitrogen and oxygen atoms in total. The Balaban J connectivity index is 1.47. The summed E-state index contributed by atoms with van der Waals surface area (Å²) in [6.45, 7) is 0.116. The third kappa shape index (κ3) is 3.63. The number of benzene rings is 2. The Hall–Kier alpha value is -3.13. The average Bonchev–Trinajstić information content (AvgIpc) is 2.96. The largest absolute Gasteiger partial charge is 0.486 e. The third-order valence-corrected chi connectivity index (χ3v) is 5.28. The number of carbonyl (C=O) groups excluding carboxylic acids is 2. The molecule has 1 saturated heterocycles. The van der Waals surface area contributed by atoms with Gasteiger partial charge in [-0.3, -0.25) is 24.3 Å². The zero-order valence-electron chi connectivity index (χ0n) is 16.0. The average molecular weight is 396 g/mol. The van der Waals surface area contributed by atoms with Crippen LogP contribution in [0.25, 0.3) is 10.9 Å². The summed E-state index contributed by atoms with van der Waals surface area (Å²) in [6.07, 6.45) is 0.107. The number of nitrogens with zero attached hydrogens (tertiary/aromatic N) is 2. The lowest BCUT2D eigenvalue weighted by molar-refractivity contribution is -0.118. The van der Waals surface area contributed by atoms with Gasteiger partial charge in [-0.1, -0.05) is 36.0 Å². The quantitative estimate of drug-likeness (QED) is 0.712. The Morgan fingerprint density at radius 1 is 1.18 bits per heavy atom. The second-order valence-corrected chi connectivity index (χ2v) is 7.35. The lowest BCUT2D eigenvalue weighted by Crippen LogP contribution is -2.25. The van der Waals surface area contributed by atoms with Crippen molar-refractivity contribution in [2.24, 2.45) is 7.05 Å². The molecule has 1 atom stereocenters. The molecule has 0 aliphatic carbocycles. The van der Waals surface area contributed by atoms with Gasteiger partial charge in [0.05, 0.1) is 17.5 Å². The molecule has 3 aromatic rings. The van der Waals surface area contributed by atoms with Crippen molar-refractivity contribution in [3.05, 3.63) is 70.3 Å². The Bertz CT molecular complexity index is 1180. The fourth-order valence-corrected chi connectivity index (χ4v) is 3.64. The van der Waals surface area contributed by atoms with Crippen molar-refractivity contribution in [2.45, 2.75) is 18.3 Å². The number of ether oxygens (including phenoxy) is 1. The van der Waals surface area contributed by atoms with E-state index in [-0.39, 0.29) is 18.6 Å². The lowest BCUT2D eigenvalue weighted by Gasteiger charge is -2.11. The van der Waals surface area contributed by atoms with Gasteiger partial charge in [-0.05, 0) is 36.2 Å². The second kappa shape index (κ2) is 7.47. The number of carbonyl (C=O) groups is 2. The van der Waals surface area contributed by atoms with Gasteiger partial charge in [-0.15, -0.1) is 0 Å².